The van der Waals surface area contributed by atoms with Crippen LogP contribution in [0.5, 0.6) is 0 Å². The van der Waals surface area contributed by atoms with Gasteiger partial charge in [0.25, 0.3) is 5.69 Å². The van der Waals surface area contributed by atoms with Crippen molar-refractivity contribution in [3.63, 3.8) is 0 Å². The normalized spacial score (nSPS) is 11.5. The standard InChI is InChI=1S/C24H19F3N4O2S/c1-2-16-8-11-19(12-9-16)30-22(14-17-6-4-3-5-7-17)28-29-23(30)34-21-13-10-18(24(25,26)27)15-20(21)31(32)33/h3-13,15H,2,14H2,1H3. The quantitative estimate of drug-likeness (QED) is 0.221. The van der Waals surface area contributed by atoms with Crippen molar-refractivity contribution in [1.82, 2.24) is 14.8 Å². The molecule has 34 heavy (non-hydrogen) atoms. The van der Waals surface area contributed by atoms with Gasteiger partial charge in [-0.2, -0.15) is 13.2 Å². The maximum atomic E-state index is 13.1. The van der Waals surface area contributed by atoms with Crippen LogP contribution in [0.1, 0.15) is 29.4 Å². The van der Waals surface area contributed by atoms with Gasteiger partial charge in [-0.1, -0.05) is 49.4 Å². The fraction of sp³-hybridized carbons (Fsp3) is 0.167. The molecular formula is C24H19F3N4O2S. The van der Waals surface area contributed by atoms with E-state index < -0.39 is 22.4 Å². The Morgan fingerprint density at radius 1 is 0.971 bits per heavy atom. The molecule has 4 rings (SSSR count). The van der Waals surface area contributed by atoms with E-state index in [-0.39, 0.29) is 4.90 Å². The number of alkyl halides is 3. The Morgan fingerprint density at radius 2 is 1.68 bits per heavy atom. The summed E-state index contributed by atoms with van der Waals surface area (Å²) in [7, 11) is 0. The van der Waals surface area contributed by atoms with Crippen molar-refractivity contribution in [2.75, 3.05) is 0 Å². The third-order valence-corrected chi connectivity index (χ3v) is 6.20. The van der Waals surface area contributed by atoms with Crippen molar-refractivity contribution in [2.45, 2.75) is 36.0 Å². The highest BCUT2D eigenvalue weighted by atomic mass is 32.2. The van der Waals surface area contributed by atoms with E-state index in [0.717, 1.165) is 47.1 Å². The van der Waals surface area contributed by atoms with Gasteiger partial charge in [0.1, 0.15) is 5.82 Å². The molecular weight excluding hydrogens is 465 g/mol. The molecule has 1 heterocycles. The second-order valence-corrected chi connectivity index (χ2v) is 8.47. The third kappa shape index (κ3) is 5.12. The zero-order valence-electron chi connectivity index (χ0n) is 18.0. The molecule has 4 aromatic rings. The zero-order chi connectivity index (χ0) is 24.3. The number of nitrogens with zero attached hydrogens (tertiary/aromatic N) is 4. The predicted molar refractivity (Wildman–Crippen MR) is 122 cm³/mol. The van der Waals surface area contributed by atoms with Crippen LogP contribution >= 0.6 is 11.8 Å². The fourth-order valence-corrected chi connectivity index (χ4v) is 4.37. The van der Waals surface area contributed by atoms with Gasteiger partial charge in [-0.05, 0) is 53.6 Å². The van der Waals surface area contributed by atoms with Crippen molar-refractivity contribution < 1.29 is 18.1 Å². The Morgan fingerprint density at radius 3 is 2.29 bits per heavy atom. The summed E-state index contributed by atoms with van der Waals surface area (Å²) in [6, 6.07) is 19.8. The molecule has 0 radical (unpaired) electrons. The monoisotopic (exact) mass is 484 g/mol. The highest BCUT2D eigenvalue weighted by Crippen LogP contribution is 2.39. The third-order valence-electron chi connectivity index (χ3n) is 5.19. The first kappa shape index (κ1) is 23.5. The number of nitro groups is 1. The van der Waals surface area contributed by atoms with Crippen molar-refractivity contribution in [3.8, 4) is 5.69 Å². The largest absolute Gasteiger partial charge is 0.416 e. The van der Waals surface area contributed by atoms with Crippen LogP contribution in [-0.2, 0) is 19.0 Å². The maximum absolute atomic E-state index is 13.1. The molecule has 1 aromatic heterocycles. The number of rotatable bonds is 7. The van der Waals surface area contributed by atoms with E-state index >= 15 is 0 Å². The van der Waals surface area contributed by atoms with Gasteiger partial charge in [-0.3, -0.25) is 14.7 Å². The van der Waals surface area contributed by atoms with Gasteiger partial charge in [0.15, 0.2) is 0 Å². The summed E-state index contributed by atoms with van der Waals surface area (Å²) < 4.78 is 41.1. The highest BCUT2D eigenvalue weighted by molar-refractivity contribution is 7.99. The second-order valence-electron chi connectivity index (χ2n) is 7.46. The lowest BCUT2D eigenvalue weighted by molar-refractivity contribution is -0.388. The number of benzene rings is 3. The predicted octanol–water partition coefficient (Wildman–Crippen LogP) is 6.50. The van der Waals surface area contributed by atoms with Crippen molar-refractivity contribution >= 4 is 17.4 Å². The molecule has 0 aliphatic rings. The van der Waals surface area contributed by atoms with E-state index in [4.69, 9.17) is 0 Å². The van der Waals surface area contributed by atoms with E-state index in [1.165, 1.54) is 0 Å². The molecule has 0 amide bonds. The van der Waals surface area contributed by atoms with Gasteiger partial charge in [0.2, 0.25) is 5.16 Å². The lowest BCUT2D eigenvalue weighted by Crippen LogP contribution is -2.06. The molecule has 0 aliphatic carbocycles. The highest BCUT2D eigenvalue weighted by Gasteiger charge is 2.33. The average Bonchev–Trinajstić information content (AvgIpc) is 3.21. The zero-order valence-corrected chi connectivity index (χ0v) is 18.8. The summed E-state index contributed by atoms with van der Waals surface area (Å²) in [6.45, 7) is 2.04. The number of halogens is 3. The van der Waals surface area contributed by atoms with Crippen LogP contribution in [0.2, 0.25) is 0 Å². The molecule has 0 saturated carbocycles. The van der Waals surface area contributed by atoms with E-state index in [9.17, 15) is 23.3 Å². The smallest absolute Gasteiger partial charge is 0.273 e. The Balaban J connectivity index is 1.78. The minimum Gasteiger partial charge on any atom is -0.273 e. The molecule has 10 heteroatoms. The van der Waals surface area contributed by atoms with Crippen molar-refractivity contribution in [2.24, 2.45) is 0 Å². The van der Waals surface area contributed by atoms with Crippen LogP contribution in [0, 0.1) is 10.1 Å². The number of aromatic nitrogens is 3. The van der Waals surface area contributed by atoms with Gasteiger partial charge in [0.05, 0.1) is 15.4 Å². The van der Waals surface area contributed by atoms with Gasteiger partial charge < -0.3 is 0 Å². The molecule has 0 unspecified atom stereocenters. The number of hydrogen-bond donors (Lipinski definition) is 0. The van der Waals surface area contributed by atoms with Crippen molar-refractivity contribution in [3.05, 3.63) is 105 Å². The van der Waals surface area contributed by atoms with Crippen LogP contribution in [-0.4, -0.2) is 19.7 Å². The van der Waals surface area contributed by atoms with Crippen LogP contribution in [0.3, 0.4) is 0 Å². The minimum absolute atomic E-state index is 0.0445. The number of aryl methyl sites for hydroxylation is 1. The molecule has 0 atom stereocenters. The topological polar surface area (TPSA) is 73.8 Å². The lowest BCUT2D eigenvalue weighted by Gasteiger charge is -2.12. The van der Waals surface area contributed by atoms with Crippen molar-refractivity contribution in [1.29, 1.82) is 0 Å². The Bertz CT molecular complexity index is 1310. The summed E-state index contributed by atoms with van der Waals surface area (Å²) in [6.07, 6.45) is -3.37. The molecule has 3 aromatic carbocycles. The molecule has 0 fully saturated rings. The lowest BCUT2D eigenvalue weighted by atomic mass is 10.1. The molecule has 174 valence electrons. The van der Waals surface area contributed by atoms with Crippen LogP contribution in [0.4, 0.5) is 18.9 Å². The SMILES string of the molecule is CCc1ccc(-n2c(Cc3ccccc3)nnc2Sc2ccc(C(F)(F)F)cc2[N+](=O)[O-])cc1. The summed E-state index contributed by atoms with van der Waals surface area (Å²) in [4.78, 5) is 10.8. The minimum atomic E-state index is -4.68. The van der Waals surface area contributed by atoms with Crippen LogP contribution in [0.25, 0.3) is 5.69 Å². The van der Waals surface area contributed by atoms with E-state index in [0.29, 0.717) is 23.5 Å². The molecule has 0 N–H and O–H groups in total. The maximum Gasteiger partial charge on any atom is 0.416 e. The first-order chi connectivity index (χ1) is 16.3. The second kappa shape index (κ2) is 9.68. The molecule has 0 spiro atoms. The molecule has 0 aliphatic heterocycles. The Labute approximate surface area is 197 Å². The van der Waals surface area contributed by atoms with Gasteiger partial charge in [-0.15, -0.1) is 10.2 Å². The van der Waals surface area contributed by atoms with Gasteiger partial charge >= 0.3 is 6.18 Å². The summed E-state index contributed by atoms with van der Waals surface area (Å²) in [5, 5.41) is 20.4. The van der Waals surface area contributed by atoms with Gasteiger partial charge in [-0.25, -0.2) is 0 Å². The van der Waals surface area contributed by atoms with E-state index in [1.807, 2.05) is 61.5 Å². The molecule has 6 nitrogen and oxygen atoms in total. The fourth-order valence-electron chi connectivity index (χ4n) is 3.42. The first-order valence-electron chi connectivity index (χ1n) is 10.4. The number of hydrogen-bond acceptors (Lipinski definition) is 5. The summed E-state index contributed by atoms with van der Waals surface area (Å²) >= 11 is 0.905. The summed E-state index contributed by atoms with van der Waals surface area (Å²) in [5.41, 5.74) is 1.17. The first-order valence-corrected chi connectivity index (χ1v) is 11.2. The van der Waals surface area contributed by atoms with E-state index in [1.54, 1.807) is 4.57 Å². The Hall–Kier alpha value is -3.66. The van der Waals surface area contributed by atoms with Gasteiger partial charge in [0, 0.05) is 18.2 Å². The summed E-state index contributed by atoms with van der Waals surface area (Å²) in [5.74, 6) is 0.604. The van der Waals surface area contributed by atoms with Crippen LogP contribution < -0.4 is 0 Å². The average molecular weight is 485 g/mol. The molecule has 0 bridgehead atoms. The van der Waals surface area contributed by atoms with E-state index in [2.05, 4.69) is 10.2 Å². The van der Waals surface area contributed by atoms with Crippen LogP contribution in [0.15, 0.2) is 82.8 Å². The Kier molecular flexibility index (Phi) is 6.69. The number of nitro benzene ring substituents is 1. The molecule has 0 saturated heterocycles.